The second kappa shape index (κ2) is 4.95. The van der Waals surface area contributed by atoms with E-state index in [9.17, 15) is 9.59 Å². The van der Waals surface area contributed by atoms with Crippen LogP contribution in [0.4, 0.5) is 0 Å². The Kier molecular flexibility index (Phi) is 3.88. The lowest BCUT2D eigenvalue weighted by Gasteiger charge is -2.14. The number of ether oxygens (including phenoxy) is 1. The van der Waals surface area contributed by atoms with Crippen molar-refractivity contribution in [3.8, 4) is 0 Å². The summed E-state index contributed by atoms with van der Waals surface area (Å²) in [6.07, 6.45) is 1.18. The fraction of sp³-hybridized carbons (Fsp3) is 0.778. The predicted molar refractivity (Wildman–Crippen MR) is 48.8 cm³/mol. The maximum atomic E-state index is 11.4. The molecule has 0 aromatic rings. The number of hydrogen-bond acceptors (Lipinski definition) is 3. The molecule has 1 saturated heterocycles. The number of hydrogen-bond donors (Lipinski definition) is 2. The Labute approximate surface area is 82.4 Å². The molecule has 0 spiro atoms. The van der Waals surface area contributed by atoms with Crippen LogP contribution in [0.25, 0.3) is 0 Å². The molecule has 2 N–H and O–H groups in total. The first-order chi connectivity index (χ1) is 6.59. The molecular formula is C9H15NO4. The van der Waals surface area contributed by atoms with Gasteiger partial charge in [0.25, 0.3) is 0 Å². The van der Waals surface area contributed by atoms with E-state index < -0.39 is 5.97 Å². The molecule has 5 nitrogen and oxygen atoms in total. The molecule has 0 radical (unpaired) electrons. The van der Waals surface area contributed by atoms with Crippen LogP contribution in [-0.2, 0) is 14.3 Å². The number of aliphatic carboxylic acids is 1. The van der Waals surface area contributed by atoms with Gasteiger partial charge in [-0.05, 0) is 19.8 Å². The highest BCUT2D eigenvalue weighted by Crippen LogP contribution is 2.12. The summed E-state index contributed by atoms with van der Waals surface area (Å²) < 4.78 is 5.16. The standard InChI is InChI=1S/C9H15NO4/c1-6(5-8(11)12)10-9(13)7-3-2-4-14-7/h6-7H,2-5H2,1H3,(H,10,13)(H,11,12)/t6?,7-/m1/s1. The molecule has 0 bridgehead atoms. The topological polar surface area (TPSA) is 75.6 Å². The summed E-state index contributed by atoms with van der Waals surface area (Å²) in [5.41, 5.74) is 0. The SMILES string of the molecule is CC(CC(=O)O)NC(=O)[C@H]1CCCO1. The van der Waals surface area contributed by atoms with Crippen molar-refractivity contribution in [1.29, 1.82) is 0 Å². The van der Waals surface area contributed by atoms with Crippen LogP contribution < -0.4 is 5.32 Å². The fourth-order valence-electron chi connectivity index (χ4n) is 1.43. The maximum absolute atomic E-state index is 11.4. The molecule has 2 atom stereocenters. The van der Waals surface area contributed by atoms with Gasteiger partial charge in [0.1, 0.15) is 6.10 Å². The molecule has 0 aromatic carbocycles. The summed E-state index contributed by atoms with van der Waals surface area (Å²) in [6.45, 7) is 2.28. The van der Waals surface area contributed by atoms with Gasteiger partial charge in [-0.25, -0.2) is 0 Å². The Bertz CT molecular complexity index is 223. The average molecular weight is 201 g/mol. The third-order valence-corrected chi connectivity index (χ3v) is 2.09. The summed E-state index contributed by atoms with van der Waals surface area (Å²) >= 11 is 0. The zero-order valence-corrected chi connectivity index (χ0v) is 8.16. The van der Waals surface area contributed by atoms with Gasteiger partial charge in [-0.15, -0.1) is 0 Å². The van der Waals surface area contributed by atoms with Crippen molar-refractivity contribution in [1.82, 2.24) is 5.32 Å². The van der Waals surface area contributed by atoms with E-state index in [0.717, 1.165) is 12.8 Å². The molecule has 0 aliphatic carbocycles. The van der Waals surface area contributed by atoms with Crippen molar-refractivity contribution in [2.24, 2.45) is 0 Å². The van der Waals surface area contributed by atoms with Gasteiger partial charge in [-0.1, -0.05) is 0 Å². The highest BCUT2D eigenvalue weighted by Gasteiger charge is 2.24. The molecule has 1 fully saturated rings. The van der Waals surface area contributed by atoms with Crippen molar-refractivity contribution in [2.45, 2.75) is 38.3 Å². The molecule has 1 aliphatic heterocycles. The lowest BCUT2D eigenvalue weighted by Crippen LogP contribution is -2.40. The summed E-state index contributed by atoms with van der Waals surface area (Å²) in [5, 5.41) is 11.1. The van der Waals surface area contributed by atoms with Gasteiger partial charge in [0.05, 0.1) is 6.42 Å². The lowest BCUT2D eigenvalue weighted by molar-refractivity contribution is -0.138. The van der Waals surface area contributed by atoms with Gasteiger partial charge in [-0.3, -0.25) is 9.59 Å². The Morgan fingerprint density at radius 3 is 2.86 bits per heavy atom. The maximum Gasteiger partial charge on any atom is 0.305 e. The van der Waals surface area contributed by atoms with E-state index in [1.807, 2.05) is 0 Å². The van der Waals surface area contributed by atoms with Crippen molar-refractivity contribution in [3.05, 3.63) is 0 Å². The second-order valence-corrected chi connectivity index (χ2v) is 3.51. The lowest BCUT2D eigenvalue weighted by atomic mass is 10.2. The molecular weight excluding hydrogens is 186 g/mol. The molecule has 1 unspecified atom stereocenters. The zero-order chi connectivity index (χ0) is 10.6. The number of carboxylic acids is 1. The molecule has 5 heteroatoms. The average Bonchev–Trinajstić information content (AvgIpc) is 2.53. The molecule has 1 amide bonds. The number of nitrogens with one attached hydrogen (secondary N) is 1. The van der Waals surface area contributed by atoms with Crippen LogP contribution in [0.5, 0.6) is 0 Å². The minimum Gasteiger partial charge on any atom is -0.481 e. The molecule has 0 saturated carbocycles. The molecule has 1 heterocycles. The van der Waals surface area contributed by atoms with Crippen LogP contribution in [0.15, 0.2) is 0 Å². The summed E-state index contributed by atoms with van der Waals surface area (Å²) in [4.78, 5) is 21.7. The van der Waals surface area contributed by atoms with E-state index in [2.05, 4.69) is 5.32 Å². The van der Waals surface area contributed by atoms with E-state index in [1.165, 1.54) is 0 Å². The normalized spacial score (nSPS) is 23.1. The van der Waals surface area contributed by atoms with E-state index >= 15 is 0 Å². The Hall–Kier alpha value is -1.10. The molecule has 1 aliphatic rings. The fourth-order valence-corrected chi connectivity index (χ4v) is 1.43. The number of carboxylic acid groups (broad SMARTS) is 1. The van der Waals surface area contributed by atoms with Crippen LogP contribution >= 0.6 is 0 Å². The first kappa shape index (κ1) is 11.0. The smallest absolute Gasteiger partial charge is 0.305 e. The van der Waals surface area contributed by atoms with Crippen LogP contribution in [0.1, 0.15) is 26.2 Å². The van der Waals surface area contributed by atoms with Crippen molar-refractivity contribution in [2.75, 3.05) is 6.61 Å². The second-order valence-electron chi connectivity index (χ2n) is 3.51. The Balaban J connectivity index is 2.28. The van der Waals surface area contributed by atoms with Gasteiger partial charge < -0.3 is 15.2 Å². The van der Waals surface area contributed by atoms with Crippen molar-refractivity contribution < 1.29 is 19.4 Å². The third-order valence-electron chi connectivity index (χ3n) is 2.09. The minimum atomic E-state index is -0.912. The highest BCUT2D eigenvalue weighted by atomic mass is 16.5. The molecule has 0 aromatic heterocycles. The molecule has 1 rings (SSSR count). The Morgan fingerprint density at radius 2 is 2.36 bits per heavy atom. The number of carbonyl (C=O) groups excluding carboxylic acids is 1. The third kappa shape index (κ3) is 3.33. The largest absolute Gasteiger partial charge is 0.481 e. The minimum absolute atomic E-state index is 0.0571. The zero-order valence-electron chi connectivity index (χ0n) is 8.16. The van der Waals surface area contributed by atoms with Crippen LogP contribution in [0.3, 0.4) is 0 Å². The van der Waals surface area contributed by atoms with Crippen LogP contribution in [0, 0.1) is 0 Å². The monoisotopic (exact) mass is 201 g/mol. The van der Waals surface area contributed by atoms with Crippen molar-refractivity contribution >= 4 is 11.9 Å². The number of amides is 1. The van der Waals surface area contributed by atoms with Gasteiger partial charge in [0.15, 0.2) is 0 Å². The van der Waals surface area contributed by atoms with E-state index in [4.69, 9.17) is 9.84 Å². The van der Waals surface area contributed by atoms with Gasteiger partial charge in [-0.2, -0.15) is 0 Å². The summed E-state index contributed by atoms with van der Waals surface area (Å²) in [5.74, 6) is -1.11. The quantitative estimate of drug-likeness (QED) is 0.678. The molecule has 80 valence electrons. The molecule has 14 heavy (non-hydrogen) atoms. The summed E-state index contributed by atoms with van der Waals surface area (Å²) in [7, 11) is 0. The van der Waals surface area contributed by atoms with E-state index in [1.54, 1.807) is 6.92 Å². The van der Waals surface area contributed by atoms with Crippen molar-refractivity contribution in [3.63, 3.8) is 0 Å². The Morgan fingerprint density at radius 1 is 1.64 bits per heavy atom. The van der Waals surface area contributed by atoms with E-state index in [-0.39, 0.29) is 24.5 Å². The van der Waals surface area contributed by atoms with Gasteiger partial charge >= 0.3 is 5.97 Å². The number of carbonyl (C=O) groups is 2. The van der Waals surface area contributed by atoms with Gasteiger partial charge in [0, 0.05) is 12.6 Å². The van der Waals surface area contributed by atoms with Crippen LogP contribution in [-0.4, -0.2) is 35.7 Å². The number of rotatable bonds is 4. The first-order valence-corrected chi connectivity index (χ1v) is 4.73. The van der Waals surface area contributed by atoms with Gasteiger partial charge in [0.2, 0.25) is 5.91 Å². The van der Waals surface area contributed by atoms with E-state index in [0.29, 0.717) is 6.61 Å². The highest BCUT2D eigenvalue weighted by molar-refractivity contribution is 5.81. The first-order valence-electron chi connectivity index (χ1n) is 4.73. The summed E-state index contributed by atoms with van der Waals surface area (Å²) in [6, 6.07) is -0.343. The van der Waals surface area contributed by atoms with Crippen LogP contribution in [0.2, 0.25) is 0 Å². The predicted octanol–water partition coefficient (Wildman–Crippen LogP) is 0.145.